The summed E-state index contributed by atoms with van der Waals surface area (Å²) in [4.78, 5) is 4.53. The molecule has 4 rings (SSSR count). The molecule has 0 aliphatic carbocycles. The third-order valence-electron chi connectivity index (χ3n) is 3.67. The van der Waals surface area contributed by atoms with Gasteiger partial charge in [0.15, 0.2) is 0 Å². The van der Waals surface area contributed by atoms with Crippen LogP contribution in [-0.4, -0.2) is 4.98 Å². The van der Waals surface area contributed by atoms with E-state index in [0.29, 0.717) is 27.1 Å². The minimum absolute atomic E-state index is 0.480. The largest absolute Gasteiger partial charge is 0.457 e. The molecule has 0 spiro atoms. The minimum Gasteiger partial charge on any atom is -0.457 e. The lowest BCUT2D eigenvalue weighted by Gasteiger charge is -1.97. The maximum absolute atomic E-state index is 9.52. The molecule has 2 heterocycles. The number of allylic oxidation sites excluding steroid dienone is 1. The molecule has 120 valence electrons. The van der Waals surface area contributed by atoms with Gasteiger partial charge in [-0.1, -0.05) is 35.9 Å². The van der Waals surface area contributed by atoms with Crippen LogP contribution in [0.2, 0.25) is 5.02 Å². The average molecular weight is 363 g/mol. The van der Waals surface area contributed by atoms with Crippen molar-refractivity contribution in [1.82, 2.24) is 4.98 Å². The second-order valence-corrected chi connectivity index (χ2v) is 6.84. The smallest absolute Gasteiger partial charge is 0.135 e. The van der Waals surface area contributed by atoms with Gasteiger partial charge in [0.05, 0.1) is 15.8 Å². The van der Waals surface area contributed by atoms with E-state index in [4.69, 9.17) is 16.0 Å². The van der Waals surface area contributed by atoms with E-state index in [2.05, 4.69) is 11.1 Å². The van der Waals surface area contributed by atoms with Gasteiger partial charge in [-0.25, -0.2) is 4.98 Å². The molecule has 0 aliphatic heterocycles. The Labute approximate surface area is 153 Å². The molecule has 2 aromatic carbocycles. The Morgan fingerprint density at radius 3 is 2.80 bits per heavy atom. The molecule has 0 atom stereocenters. The molecule has 0 N–H and O–H groups in total. The van der Waals surface area contributed by atoms with Gasteiger partial charge in [-0.15, -0.1) is 11.3 Å². The monoisotopic (exact) mass is 362 g/mol. The highest BCUT2D eigenvalue weighted by molar-refractivity contribution is 7.19. The van der Waals surface area contributed by atoms with Gasteiger partial charge < -0.3 is 4.42 Å². The first-order valence-corrected chi connectivity index (χ1v) is 8.76. The van der Waals surface area contributed by atoms with Crippen molar-refractivity contribution in [2.45, 2.75) is 0 Å². The summed E-state index contributed by atoms with van der Waals surface area (Å²) in [6, 6.07) is 21.2. The van der Waals surface area contributed by atoms with E-state index in [1.807, 2.05) is 60.7 Å². The highest BCUT2D eigenvalue weighted by atomic mass is 35.5. The fraction of sp³-hybridized carbons (Fsp3) is 0. The number of benzene rings is 2. The summed E-state index contributed by atoms with van der Waals surface area (Å²) in [5, 5.41) is 10.9. The van der Waals surface area contributed by atoms with Crippen LogP contribution in [-0.2, 0) is 0 Å². The maximum atomic E-state index is 9.52. The Kier molecular flexibility index (Phi) is 4.10. The van der Waals surface area contributed by atoms with E-state index in [1.54, 1.807) is 6.08 Å². The number of thiazole rings is 1. The number of nitriles is 1. The van der Waals surface area contributed by atoms with Crippen LogP contribution in [0.15, 0.2) is 65.1 Å². The summed E-state index contributed by atoms with van der Waals surface area (Å²) in [6.07, 6.45) is 1.71. The molecule has 0 saturated heterocycles. The van der Waals surface area contributed by atoms with Gasteiger partial charge in [-0.3, -0.25) is 0 Å². The summed E-state index contributed by atoms with van der Waals surface area (Å²) in [5.74, 6) is 1.31. The summed E-state index contributed by atoms with van der Waals surface area (Å²) < 4.78 is 6.90. The number of fused-ring (bicyclic) bond motifs is 1. The molecule has 3 nitrogen and oxygen atoms in total. The van der Waals surface area contributed by atoms with E-state index in [-0.39, 0.29) is 0 Å². The number of para-hydroxylation sites is 1. The first kappa shape index (κ1) is 15.6. The molecule has 5 heteroatoms. The lowest BCUT2D eigenvalue weighted by Crippen LogP contribution is -1.79. The number of furan rings is 1. The van der Waals surface area contributed by atoms with Gasteiger partial charge in [0, 0.05) is 16.7 Å². The van der Waals surface area contributed by atoms with Gasteiger partial charge in [0.2, 0.25) is 0 Å². The number of halogens is 1. The number of aromatic nitrogens is 1. The highest BCUT2D eigenvalue weighted by Crippen LogP contribution is 2.30. The van der Waals surface area contributed by atoms with Crippen LogP contribution < -0.4 is 0 Å². The average Bonchev–Trinajstić information content (AvgIpc) is 3.26. The lowest BCUT2D eigenvalue weighted by molar-refractivity contribution is 0.572. The first-order chi connectivity index (χ1) is 12.2. The molecule has 0 saturated carbocycles. The van der Waals surface area contributed by atoms with E-state index < -0.39 is 0 Å². The summed E-state index contributed by atoms with van der Waals surface area (Å²) in [6.45, 7) is 0. The van der Waals surface area contributed by atoms with Crippen molar-refractivity contribution in [3.8, 4) is 17.4 Å². The highest BCUT2D eigenvalue weighted by Gasteiger charge is 2.10. The minimum atomic E-state index is 0.480. The Bertz CT molecular complexity index is 1100. The van der Waals surface area contributed by atoms with E-state index >= 15 is 0 Å². The normalized spacial score (nSPS) is 11.6. The first-order valence-electron chi connectivity index (χ1n) is 7.56. The second-order valence-electron chi connectivity index (χ2n) is 5.37. The van der Waals surface area contributed by atoms with Crippen LogP contribution in [0.1, 0.15) is 10.8 Å². The van der Waals surface area contributed by atoms with Gasteiger partial charge in [0.25, 0.3) is 0 Å². The zero-order valence-electron chi connectivity index (χ0n) is 12.9. The fourth-order valence-electron chi connectivity index (χ4n) is 2.50. The molecule has 2 aromatic heterocycles. The molecule has 0 aliphatic rings. The van der Waals surface area contributed by atoms with Crippen LogP contribution in [0.3, 0.4) is 0 Å². The Balaban J connectivity index is 1.70. The summed E-state index contributed by atoms with van der Waals surface area (Å²) in [5.41, 5.74) is 2.27. The van der Waals surface area contributed by atoms with Crippen molar-refractivity contribution in [2.24, 2.45) is 0 Å². The van der Waals surface area contributed by atoms with Crippen molar-refractivity contribution in [3.05, 3.63) is 76.5 Å². The molecule has 0 amide bonds. The standard InChI is InChI=1S/C20H11ClN2OS/c21-15-5-3-4-13(10-15)18-9-8-16(24-18)11-14(12-22)20-23-17-6-1-2-7-19(17)25-20/h1-11H. The lowest BCUT2D eigenvalue weighted by atomic mass is 10.2. The number of hydrogen-bond donors (Lipinski definition) is 0. The SMILES string of the molecule is N#CC(=Cc1ccc(-c2cccc(Cl)c2)o1)c1nc2ccccc2s1. The molecule has 0 bridgehead atoms. The molecule has 25 heavy (non-hydrogen) atoms. The van der Waals surface area contributed by atoms with Crippen molar-refractivity contribution < 1.29 is 4.42 Å². The predicted molar refractivity (Wildman–Crippen MR) is 102 cm³/mol. The van der Waals surface area contributed by atoms with Crippen molar-refractivity contribution in [1.29, 1.82) is 5.26 Å². The quantitative estimate of drug-likeness (QED) is 0.403. The van der Waals surface area contributed by atoms with Crippen LogP contribution in [0, 0.1) is 11.3 Å². The Morgan fingerprint density at radius 1 is 1.12 bits per heavy atom. The number of nitrogens with zero attached hydrogens (tertiary/aromatic N) is 2. The molecule has 4 aromatic rings. The van der Waals surface area contributed by atoms with Crippen LogP contribution >= 0.6 is 22.9 Å². The van der Waals surface area contributed by atoms with Crippen molar-refractivity contribution in [3.63, 3.8) is 0 Å². The van der Waals surface area contributed by atoms with Gasteiger partial charge >= 0.3 is 0 Å². The van der Waals surface area contributed by atoms with E-state index in [0.717, 1.165) is 15.8 Å². The van der Waals surface area contributed by atoms with Crippen LogP contribution in [0.25, 0.3) is 33.2 Å². The number of hydrogen-bond acceptors (Lipinski definition) is 4. The zero-order valence-corrected chi connectivity index (χ0v) is 14.5. The van der Waals surface area contributed by atoms with Gasteiger partial charge in [0.1, 0.15) is 22.6 Å². The fourth-order valence-corrected chi connectivity index (χ4v) is 3.62. The van der Waals surface area contributed by atoms with Gasteiger partial charge in [-0.05, 0) is 36.4 Å². The third-order valence-corrected chi connectivity index (χ3v) is 4.97. The molecule has 0 radical (unpaired) electrons. The molecular formula is C20H11ClN2OS. The van der Waals surface area contributed by atoms with E-state index in [1.165, 1.54) is 11.3 Å². The van der Waals surface area contributed by atoms with Crippen LogP contribution in [0.4, 0.5) is 0 Å². The Hall–Kier alpha value is -2.87. The molecular weight excluding hydrogens is 352 g/mol. The van der Waals surface area contributed by atoms with E-state index in [9.17, 15) is 5.26 Å². The Morgan fingerprint density at radius 2 is 2.00 bits per heavy atom. The van der Waals surface area contributed by atoms with Crippen molar-refractivity contribution in [2.75, 3.05) is 0 Å². The third kappa shape index (κ3) is 3.20. The maximum Gasteiger partial charge on any atom is 0.135 e. The summed E-state index contributed by atoms with van der Waals surface area (Å²) >= 11 is 7.52. The predicted octanol–water partition coefficient (Wildman–Crippen LogP) is 6.27. The number of rotatable bonds is 3. The topological polar surface area (TPSA) is 49.8 Å². The zero-order chi connectivity index (χ0) is 17.2. The second kappa shape index (κ2) is 6.56. The van der Waals surface area contributed by atoms with Crippen molar-refractivity contribution >= 4 is 44.8 Å². The van der Waals surface area contributed by atoms with Crippen LogP contribution in [0.5, 0.6) is 0 Å². The summed E-state index contributed by atoms with van der Waals surface area (Å²) in [7, 11) is 0. The molecule has 0 unspecified atom stereocenters. The molecule has 0 fully saturated rings. The van der Waals surface area contributed by atoms with Gasteiger partial charge in [-0.2, -0.15) is 5.26 Å².